The number of aromatic nitrogens is 1. The van der Waals surface area contributed by atoms with Crippen LogP contribution in [0.4, 0.5) is 0 Å². The summed E-state index contributed by atoms with van der Waals surface area (Å²) in [5.41, 5.74) is 2.08. The molecule has 5 nitrogen and oxygen atoms in total. The molecule has 0 aliphatic rings. The van der Waals surface area contributed by atoms with Crippen molar-refractivity contribution in [3.05, 3.63) is 42.1 Å². The molecule has 0 radical (unpaired) electrons. The number of nitrogens with one attached hydrogen (secondary N) is 2. The van der Waals surface area contributed by atoms with E-state index in [0.717, 1.165) is 22.9 Å². The maximum atomic E-state index is 11.6. The van der Waals surface area contributed by atoms with Gasteiger partial charge in [-0.05, 0) is 18.1 Å². The van der Waals surface area contributed by atoms with E-state index in [-0.39, 0.29) is 5.91 Å². The molecule has 0 saturated carbocycles. The Labute approximate surface area is 124 Å². The van der Waals surface area contributed by atoms with E-state index in [2.05, 4.69) is 15.6 Å². The third kappa shape index (κ3) is 4.81. The van der Waals surface area contributed by atoms with Crippen LogP contribution in [0.1, 0.15) is 12.0 Å². The third-order valence-corrected chi connectivity index (χ3v) is 3.16. The van der Waals surface area contributed by atoms with Crippen molar-refractivity contribution in [1.29, 1.82) is 0 Å². The maximum Gasteiger partial charge on any atom is 0.233 e. The standard InChI is InChI=1S/C16H21N3O2/c1-21-10-4-9-18-15(20)12-17-11-14-6-2-5-13-7-3-8-19-16(13)14/h2-3,5-8,17H,4,9-12H2,1H3,(H,18,20). The molecule has 0 bridgehead atoms. The second-order valence-electron chi connectivity index (χ2n) is 4.79. The van der Waals surface area contributed by atoms with E-state index >= 15 is 0 Å². The van der Waals surface area contributed by atoms with Gasteiger partial charge in [0.2, 0.25) is 5.91 Å². The summed E-state index contributed by atoms with van der Waals surface area (Å²) in [4.78, 5) is 16.0. The molecule has 1 heterocycles. The number of carbonyl (C=O) groups is 1. The summed E-state index contributed by atoms with van der Waals surface area (Å²) < 4.78 is 4.93. The van der Waals surface area contributed by atoms with Crippen molar-refractivity contribution < 1.29 is 9.53 Å². The summed E-state index contributed by atoms with van der Waals surface area (Å²) in [5.74, 6) is -0.000649. The highest BCUT2D eigenvalue weighted by molar-refractivity contribution is 5.81. The molecule has 0 spiro atoms. The SMILES string of the molecule is COCCCNC(=O)CNCc1cccc2cccnc12. The lowest BCUT2D eigenvalue weighted by Crippen LogP contribution is -2.34. The minimum absolute atomic E-state index is 0.000649. The van der Waals surface area contributed by atoms with E-state index in [4.69, 9.17) is 4.74 Å². The smallest absolute Gasteiger partial charge is 0.233 e. The molecular formula is C16H21N3O2. The first kappa shape index (κ1) is 15.4. The van der Waals surface area contributed by atoms with E-state index in [1.54, 1.807) is 13.3 Å². The summed E-state index contributed by atoms with van der Waals surface area (Å²) in [6.07, 6.45) is 2.61. The van der Waals surface area contributed by atoms with E-state index in [0.29, 0.717) is 26.2 Å². The Bertz CT molecular complexity index is 581. The van der Waals surface area contributed by atoms with E-state index in [1.807, 2.05) is 30.3 Å². The van der Waals surface area contributed by atoms with Crippen LogP contribution in [0.15, 0.2) is 36.5 Å². The molecule has 2 rings (SSSR count). The Morgan fingerprint density at radius 3 is 3.00 bits per heavy atom. The van der Waals surface area contributed by atoms with Crippen LogP contribution in [0.25, 0.3) is 10.9 Å². The number of nitrogens with zero attached hydrogens (tertiary/aromatic N) is 1. The minimum atomic E-state index is -0.000649. The fourth-order valence-electron chi connectivity index (χ4n) is 2.13. The van der Waals surface area contributed by atoms with Gasteiger partial charge in [-0.3, -0.25) is 9.78 Å². The van der Waals surface area contributed by atoms with Gasteiger partial charge in [0.15, 0.2) is 0 Å². The molecule has 1 amide bonds. The molecule has 1 aromatic carbocycles. The summed E-state index contributed by atoms with van der Waals surface area (Å²) >= 11 is 0. The first-order valence-electron chi connectivity index (χ1n) is 7.10. The predicted octanol–water partition coefficient (Wildman–Crippen LogP) is 1.48. The van der Waals surface area contributed by atoms with Gasteiger partial charge in [0.05, 0.1) is 12.1 Å². The minimum Gasteiger partial charge on any atom is -0.385 e. The van der Waals surface area contributed by atoms with Gasteiger partial charge in [0.1, 0.15) is 0 Å². The fourth-order valence-corrected chi connectivity index (χ4v) is 2.13. The molecule has 112 valence electrons. The van der Waals surface area contributed by atoms with Crippen LogP contribution in [-0.2, 0) is 16.1 Å². The Morgan fingerprint density at radius 2 is 2.14 bits per heavy atom. The molecule has 1 aromatic heterocycles. The fraction of sp³-hybridized carbons (Fsp3) is 0.375. The van der Waals surface area contributed by atoms with Crippen molar-refractivity contribution in [2.24, 2.45) is 0 Å². The van der Waals surface area contributed by atoms with Gasteiger partial charge < -0.3 is 15.4 Å². The molecule has 0 aliphatic carbocycles. The van der Waals surface area contributed by atoms with Crippen LogP contribution in [0.5, 0.6) is 0 Å². The molecule has 2 N–H and O–H groups in total. The number of fused-ring (bicyclic) bond motifs is 1. The second kappa shape index (κ2) is 8.34. The monoisotopic (exact) mass is 287 g/mol. The lowest BCUT2D eigenvalue weighted by Gasteiger charge is -2.08. The van der Waals surface area contributed by atoms with E-state index in [9.17, 15) is 4.79 Å². The van der Waals surface area contributed by atoms with Gasteiger partial charge in [0, 0.05) is 38.4 Å². The number of benzene rings is 1. The number of ether oxygens (including phenoxy) is 1. The summed E-state index contributed by atoms with van der Waals surface area (Å²) in [6.45, 7) is 2.23. The quantitative estimate of drug-likeness (QED) is 0.722. The van der Waals surface area contributed by atoms with Crippen LogP contribution < -0.4 is 10.6 Å². The Morgan fingerprint density at radius 1 is 1.29 bits per heavy atom. The Hall–Kier alpha value is -1.98. The molecule has 2 aromatic rings. The molecule has 0 fully saturated rings. The number of para-hydroxylation sites is 1. The van der Waals surface area contributed by atoms with Gasteiger partial charge in [-0.2, -0.15) is 0 Å². The second-order valence-corrected chi connectivity index (χ2v) is 4.79. The maximum absolute atomic E-state index is 11.6. The number of methoxy groups -OCH3 is 1. The van der Waals surface area contributed by atoms with Gasteiger partial charge in [-0.1, -0.05) is 24.3 Å². The lowest BCUT2D eigenvalue weighted by atomic mass is 10.1. The Balaban J connectivity index is 1.78. The number of hydrogen-bond acceptors (Lipinski definition) is 4. The zero-order valence-corrected chi connectivity index (χ0v) is 12.3. The van der Waals surface area contributed by atoms with Crippen molar-refractivity contribution >= 4 is 16.8 Å². The van der Waals surface area contributed by atoms with E-state index in [1.165, 1.54) is 0 Å². The first-order chi connectivity index (χ1) is 10.3. The van der Waals surface area contributed by atoms with Crippen LogP contribution in [0.3, 0.4) is 0 Å². The largest absolute Gasteiger partial charge is 0.385 e. The van der Waals surface area contributed by atoms with Gasteiger partial charge in [-0.15, -0.1) is 0 Å². The molecule has 0 aliphatic heterocycles. The zero-order valence-electron chi connectivity index (χ0n) is 12.3. The highest BCUT2D eigenvalue weighted by Gasteiger charge is 2.03. The number of amides is 1. The average Bonchev–Trinajstić information content (AvgIpc) is 2.52. The van der Waals surface area contributed by atoms with Crippen molar-refractivity contribution in [3.8, 4) is 0 Å². The van der Waals surface area contributed by atoms with Gasteiger partial charge in [0.25, 0.3) is 0 Å². The molecular weight excluding hydrogens is 266 g/mol. The molecule has 0 atom stereocenters. The number of hydrogen-bond donors (Lipinski definition) is 2. The molecule has 21 heavy (non-hydrogen) atoms. The van der Waals surface area contributed by atoms with Crippen molar-refractivity contribution in [3.63, 3.8) is 0 Å². The lowest BCUT2D eigenvalue weighted by molar-refractivity contribution is -0.120. The first-order valence-corrected chi connectivity index (χ1v) is 7.10. The van der Waals surface area contributed by atoms with E-state index < -0.39 is 0 Å². The van der Waals surface area contributed by atoms with Crippen molar-refractivity contribution in [2.45, 2.75) is 13.0 Å². The summed E-state index contributed by atoms with van der Waals surface area (Å²) in [5, 5.41) is 7.11. The average molecular weight is 287 g/mol. The summed E-state index contributed by atoms with van der Waals surface area (Å²) in [6, 6.07) is 10.0. The molecule has 5 heteroatoms. The number of pyridine rings is 1. The molecule has 0 saturated heterocycles. The number of rotatable bonds is 8. The third-order valence-electron chi connectivity index (χ3n) is 3.16. The number of carbonyl (C=O) groups excluding carboxylic acids is 1. The predicted molar refractivity (Wildman–Crippen MR) is 83.0 cm³/mol. The van der Waals surface area contributed by atoms with Crippen molar-refractivity contribution in [2.75, 3.05) is 26.8 Å². The van der Waals surface area contributed by atoms with Crippen LogP contribution in [0, 0.1) is 0 Å². The zero-order chi connectivity index (χ0) is 14.9. The Kier molecular flexibility index (Phi) is 6.12. The molecule has 0 unspecified atom stereocenters. The normalized spacial score (nSPS) is 10.7. The highest BCUT2D eigenvalue weighted by atomic mass is 16.5. The van der Waals surface area contributed by atoms with Crippen LogP contribution in [-0.4, -0.2) is 37.7 Å². The highest BCUT2D eigenvalue weighted by Crippen LogP contribution is 2.15. The van der Waals surface area contributed by atoms with Gasteiger partial charge in [-0.25, -0.2) is 0 Å². The topological polar surface area (TPSA) is 63.2 Å². The van der Waals surface area contributed by atoms with Crippen LogP contribution in [0.2, 0.25) is 0 Å². The summed E-state index contributed by atoms with van der Waals surface area (Å²) in [7, 11) is 1.65. The van der Waals surface area contributed by atoms with Crippen LogP contribution >= 0.6 is 0 Å². The van der Waals surface area contributed by atoms with Gasteiger partial charge >= 0.3 is 0 Å². The van der Waals surface area contributed by atoms with Crippen molar-refractivity contribution in [1.82, 2.24) is 15.6 Å².